The molecule has 0 radical (unpaired) electrons. The largest absolute Gasteiger partial charge is 0.486 e. The van der Waals surface area contributed by atoms with Crippen LogP contribution in [0.3, 0.4) is 0 Å². The average Bonchev–Trinajstić information content (AvgIpc) is 2.70. The number of hydrogen-bond acceptors (Lipinski definition) is 5. The first kappa shape index (κ1) is 19.6. The van der Waals surface area contributed by atoms with Crippen LogP contribution in [0, 0.1) is 0 Å². The quantitative estimate of drug-likeness (QED) is 0.643. The predicted molar refractivity (Wildman–Crippen MR) is 106 cm³/mol. The number of nitrogens with zero attached hydrogens (tertiary/aromatic N) is 2. The molecule has 0 aliphatic rings. The summed E-state index contributed by atoms with van der Waals surface area (Å²) in [5.74, 6) is 0.696. The first-order valence-electron chi connectivity index (χ1n) is 9.07. The highest BCUT2D eigenvalue weighted by atomic mass is 16.5. The molecule has 2 N–H and O–H groups in total. The van der Waals surface area contributed by atoms with Gasteiger partial charge < -0.3 is 15.2 Å². The van der Waals surface area contributed by atoms with Crippen molar-refractivity contribution in [3.05, 3.63) is 70.3 Å². The van der Waals surface area contributed by atoms with Crippen LogP contribution in [0.1, 0.15) is 18.3 Å². The van der Waals surface area contributed by atoms with Crippen molar-refractivity contribution in [3.8, 4) is 5.75 Å². The molecular formula is C21H23N3O4. The molecule has 2 aromatic carbocycles. The van der Waals surface area contributed by atoms with Crippen molar-refractivity contribution in [1.29, 1.82) is 0 Å². The molecule has 1 amide bonds. The third-order valence-corrected chi connectivity index (χ3v) is 4.47. The number of primary amides is 1. The zero-order valence-corrected chi connectivity index (χ0v) is 15.9. The predicted octanol–water partition coefficient (Wildman–Crippen LogP) is 1.95. The number of amides is 1. The number of aromatic nitrogens is 2. The van der Waals surface area contributed by atoms with Crippen LogP contribution in [0.2, 0.25) is 0 Å². The van der Waals surface area contributed by atoms with Crippen molar-refractivity contribution in [2.75, 3.05) is 6.61 Å². The van der Waals surface area contributed by atoms with E-state index in [9.17, 15) is 9.59 Å². The Morgan fingerprint density at radius 2 is 1.89 bits per heavy atom. The van der Waals surface area contributed by atoms with Crippen molar-refractivity contribution in [2.24, 2.45) is 12.8 Å². The number of ether oxygens (including phenoxy) is 2. The first-order valence-corrected chi connectivity index (χ1v) is 9.07. The van der Waals surface area contributed by atoms with Crippen LogP contribution in [0.4, 0.5) is 0 Å². The maximum Gasteiger partial charge on any atom is 0.261 e. The van der Waals surface area contributed by atoms with Crippen LogP contribution in [-0.4, -0.2) is 28.2 Å². The molecule has 0 spiro atoms. The van der Waals surface area contributed by atoms with E-state index in [-0.39, 0.29) is 12.2 Å². The SMILES string of the molecule is CCOC(Cc1ccc(OCc2nc3ccccc3c(=O)n2C)cc1)C(N)=O. The Hall–Kier alpha value is -3.19. The Kier molecular flexibility index (Phi) is 6.06. The monoisotopic (exact) mass is 381 g/mol. The molecule has 1 atom stereocenters. The van der Waals surface area contributed by atoms with E-state index >= 15 is 0 Å². The van der Waals surface area contributed by atoms with Crippen LogP contribution < -0.4 is 16.0 Å². The number of hydrogen-bond donors (Lipinski definition) is 1. The molecule has 146 valence electrons. The summed E-state index contributed by atoms with van der Waals surface area (Å²) in [6, 6.07) is 14.6. The van der Waals surface area contributed by atoms with Gasteiger partial charge in [-0.1, -0.05) is 24.3 Å². The molecule has 0 saturated heterocycles. The summed E-state index contributed by atoms with van der Waals surface area (Å²) >= 11 is 0. The number of carbonyl (C=O) groups excluding carboxylic acids is 1. The van der Waals surface area contributed by atoms with E-state index in [0.29, 0.717) is 35.5 Å². The second-order valence-electron chi connectivity index (χ2n) is 6.39. The highest BCUT2D eigenvalue weighted by Crippen LogP contribution is 2.16. The van der Waals surface area contributed by atoms with E-state index in [1.54, 1.807) is 25.2 Å². The Balaban J connectivity index is 1.70. The number of nitrogens with two attached hydrogens (primary N) is 1. The minimum atomic E-state index is -0.645. The van der Waals surface area contributed by atoms with E-state index in [1.807, 2.05) is 37.3 Å². The number of carbonyl (C=O) groups is 1. The van der Waals surface area contributed by atoms with Crippen molar-refractivity contribution in [3.63, 3.8) is 0 Å². The Morgan fingerprint density at radius 3 is 2.57 bits per heavy atom. The van der Waals surface area contributed by atoms with Gasteiger partial charge in [-0.05, 0) is 36.8 Å². The molecule has 28 heavy (non-hydrogen) atoms. The lowest BCUT2D eigenvalue weighted by Crippen LogP contribution is -2.33. The molecule has 1 heterocycles. The van der Waals surface area contributed by atoms with Crippen LogP contribution >= 0.6 is 0 Å². The molecule has 0 bridgehead atoms. The topological polar surface area (TPSA) is 96.4 Å². The lowest BCUT2D eigenvalue weighted by molar-refractivity contribution is -0.129. The summed E-state index contributed by atoms with van der Waals surface area (Å²) < 4.78 is 12.6. The van der Waals surface area contributed by atoms with Gasteiger partial charge in [0.1, 0.15) is 24.3 Å². The highest BCUT2D eigenvalue weighted by Gasteiger charge is 2.16. The number of benzene rings is 2. The minimum absolute atomic E-state index is 0.104. The van der Waals surface area contributed by atoms with Gasteiger partial charge in [0.25, 0.3) is 5.56 Å². The third kappa shape index (κ3) is 4.37. The molecule has 1 aromatic heterocycles. The fourth-order valence-electron chi connectivity index (χ4n) is 2.92. The summed E-state index contributed by atoms with van der Waals surface area (Å²) in [4.78, 5) is 28.4. The normalized spacial score (nSPS) is 12.1. The van der Waals surface area contributed by atoms with Gasteiger partial charge in [0.05, 0.1) is 10.9 Å². The highest BCUT2D eigenvalue weighted by molar-refractivity contribution is 5.79. The summed E-state index contributed by atoms with van der Waals surface area (Å²) in [6.07, 6.45) is -0.238. The van der Waals surface area contributed by atoms with Gasteiger partial charge in [-0.25, -0.2) is 4.98 Å². The Bertz CT molecular complexity index is 1030. The molecule has 0 aliphatic carbocycles. The molecule has 1 unspecified atom stereocenters. The zero-order valence-electron chi connectivity index (χ0n) is 15.9. The van der Waals surface area contributed by atoms with E-state index in [0.717, 1.165) is 5.56 Å². The number of fused-ring (bicyclic) bond motifs is 1. The smallest absolute Gasteiger partial charge is 0.261 e. The van der Waals surface area contributed by atoms with Gasteiger partial charge in [-0.15, -0.1) is 0 Å². The van der Waals surface area contributed by atoms with E-state index in [2.05, 4.69) is 4.98 Å². The number of rotatable bonds is 8. The molecule has 0 saturated carbocycles. The van der Waals surface area contributed by atoms with Crippen molar-refractivity contribution < 1.29 is 14.3 Å². The molecule has 7 nitrogen and oxygen atoms in total. The third-order valence-electron chi connectivity index (χ3n) is 4.47. The molecule has 0 fully saturated rings. The summed E-state index contributed by atoms with van der Waals surface area (Å²) in [5, 5.41) is 0.580. The molecule has 7 heteroatoms. The summed E-state index contributed by atoms with van der Waals surface area (Å²) in [5.41, 5.74) is 6.81. The molecule has 3 aromatic rings. The van der Waals surface area contributed by atoms with Gasteiger partial charge in [0.2, 0.25) is 5.91 Å². The minimum Gasteiger partial charge on any atom is -0.486 e. The maximum absolute atomic E-state index is 12.4. The lowest BCUT2D eigenvalue weighted by atomic mass is 10.1. The van der Waals surface area contributed by atoms with Crippen LogP contribution in [-0.2, 0) is 29.6 Å². The zero-order chi connectivity index (χ0) is 20.1. The van der Waals surface area contributed by atoms with Crippen LogP contribution in [0.25, 0.3) is 10.9 Å². The first-order chi connectivity index (χ1) is 13.5. The average molecular weight is 381 g/mol. The maximum atomic E-state index is 12.4. The van der Waals surface area contributed by atoms with Crippen molar-refractivity contribution >= 4 is 16.8 Å². The standard InChI is InChI=1S/C21H23N3O4/c1-3-27-18(20(22)25)12-14-8-10-15(11-9-14)28-13-19-23-17-7-5-4-6-16(17)21(26)24(19)2/h4-11,18H,3,12-13H2,1-2H3,(H2,22,25). The Labute approximate surface area is 162 Å². The lowest BCUT2D eigenvalue weighted by Gasteiger charge is -2.14. The van der Waals surface area contributed by atoms with Gasteiger partial charge in [0.15, 0.2) is 0 Å². The molecular weight excluding hydrogens is 358 g/mol. The Morgan fingerprint density at radius 1 is 1.18 bits per heavy atom. The van der Waals surface area contributed by atoms with Gasteiger partial charge >= 0.3 is 0 Å². The van der Waals surface area contributed by atoms with Gasteiger partial charge in [-0.2, -0.15) is 0 Å². The van der Waals surface area contributed by atoms with Crippen LogP contribution in [0.15, 0.2) is 53.3 Å². The van der Waals surface area contributed by atoms with Crippen molar-refractivity contribution in [2.45, 2.75) is 26.1 Å². The van der Waals surface area contributed by atoms with Gasteiger partial charge in [0, 0.05) is 20.1 Å². The van der Waals surface area contributed by atoms with Crippen LogP contribution in [0.5, 0.6) is 5.75 Å². The van der Waals surface area contributed by atoms with Gasteiger partial charge in [-0.3, -0.25) is 14.2 Å². The van der Waals surface area contributed by atoms with E-state index in [4.69, 9.17) is 15.2 Å². The summed E-state index contributed by atoms with van der Waals surface area (Å²) in [7, 11) is 1.68. The van der Waals surface area contributed by atoms with E-state index in [1.165, 1.54) is 4.57 Å². The number of para-hydroxylation sites is 1. The van der Waals surface area contributed by atoms with Crippen molar-refractivity contribution in [1.82, 2.24) is 9.55 Å². The summed E-state index contributed by atoms with van der Waals surface area (Å²) in [6.45, 7) is 2.41. The molecule has 3 rings (SSSR count). The fourth-order valence-corrected chi connectivity index (χ4v) is 2.92. The second kappa shape index (κ2) is 8.67. The fraction of sp³-hybridized carbons (Fsp3) is 0.286. The second-order valence-corrected chi connectivity index (χ2v) is 6.39. The van der Waals surface area contributed by atoms with E-state index < -0.39 is 12.0 Å². The molecule has 0 aliphatic heterocycles.